The monoisotopic (exact) mass is 485 g/mol. The first-order valence-corrected chi connectivity index (χ1v) is 12.8. The molecule has 0 heterocycles. The minimum absolute atomic E-state index is 0. The summed E-state index contributed by atoms with van der Waals surface area (Å²) in [6.45, 7) is 9.84. The molecular weight excluding hydrogens is 453 g/mol. The van der Waals surface area contributed by atoms with E-state index < -0.39 is 7.05 Å². The van der Waals surface area contributed by atoms with Crippen molar-refractivity contribution in [3.63, 3.8) is 0 Å². The maximum absolute atomic E-state index is 5.43. The van der Waals surface area contributed by atoms with Crippen LogP contribution in [-0.2, 0) is 21.7 Å². The van der Waals surface area contributed by atoms with Crippen LogP contribution >= 0.6 is 7.05 Å². The Morgan fingerprint density at radius 3 is 1.48 bits per heavy atom. The fraction of sp³-hybridized carbons (Fsp3) is 0.133. The molecule has 166 valence electrons. The maximum atomic E-state index is 5.43. The van der Waals surface area contributed by atoms with Crippen molar-refractivity contribution in [3.8, 4) is 0 Å². The van der Waals surface area contributed by atoms with E-state index in [1.54, 1.807) is 0 Å². The molecule has 0 fully saturated rings. The zero-order valence-corrected chi connectivity index (χ0v) is 22.2. The summed E-state index contributed by atoms with van der Waals surface area (Å²) in [4.78, 5) is 0. The second-order valence-electron chi connectivity index (χ2n) is 7.78. The summed E-state index contributed by atoms with van der Waals surface area (Å²) in [7, 11) is -2.09. The van der Waals surface area contributed by atoms with Gasteiger partial charge >= 0.3 is 0 Å². The van der Waals surface area contributed by atoms with Gasteiger partial charge in [0.15, 0.2) is 0 Å². The van der Waals surface area contributed by atoms with Crippen molar-refractivity contribution in [2.24, 2.45) is 4.74 Å². The summed E-state index contributed by atoms with van der Waals surface area (Å²) in [6, 6.07) is 32.3. The average molecular weight is 485 g/mol. The molecule has 0 aromatic heterocycles. The van der Waals surface area contributed by atoms with Crippen LogP contribution in [-0.4, -0.2) is 0 Å². The average Bonchev–Trinajstić information content (AvgIpc) is 3.37. The van der Waals surface area contributed by atoms with Crippen LogP contribution in [0.4, 0.5) is 0 Å². The normalized spacial score (nSPS) is 12.7. The molecule has 3 aromatic carbocycles. The molecule has 0 atom stereocenters. The van der Waals surface area contributed by atoms with E-state index in [1.165, 1.54) is 21.5 Å². The molecule has 4 rings (SSSR count). The molecule has 1 aliphatic carbocycles. The van der Waals surface area contributed by atoms with Gasteiger partial charge in [-0.3, -0.25) is 4.74 Å². The Balaban J connectivity index is 0.000000423. The summed E-state index contributed by atoms with van der Waals surface area (Å²) >= 11 is 0. The van der Waals surface area contributed by atoms with Crippen molar-refractivity contribution in [2.45, 2.75) is 27.2 Å². The van der Waals surface area contributed by atoms with Crippen LogP contribution in [0.25, 0.3) is 0 Å². The first-order valence-electron chi connectivity index (χ1n) is 11.0. The Hall–Kier alpha value is -2.44. The largest absolute Gasteiger partial charge is 0.258 e. The molecule has 3 heteroatoms. The molecule has 0 unspecified atom stereocenters. The molecule has 1 nitrogen and oxygen atoms in total. The fourth-order valence-electron chi connectivity index (χ4n) is 3.50. The smallest absolute Gasteiger partial charge is 0.0608 e. The van der Waals surface area contributed by atoms with Gasteiger partial charge in [0.25, 0.3) is 0 Å². The van der Waals surface area contributed by atoms with E-state index in [0.29, 0.717) is 0 Å². The molecule has 0 radical (unpaired) electrons. The molecule has 1 aliphatic rings. The number of hydrogen-bond acceptors (Lipinski definition) is 1. The van der Waals surface area contributed by atoms with E-state index >= 15 is 0 Å². The third kappa shape index (κ3) is 6.78. The Morgan fingerprint density at radius 1 is 0.788 bits per heavy atom. The van der Waals surface area contributed by atoms with Crippen LogP contribution in [0, 0.1) is 0 Å². The predicted molar refractivity (Wildman–Crippen MR) is 144 cm³/mol. The van der Waals surface area contributed by atoms with Crippen LogP contribution < -0.4 is 15.9 Å². The van der Waals surface area contributed by atoms with E-state index in [1.807, 2.05) is 13.8 Å². The standard InChI is InChI=1S/C23H20NP.C7H12.Ti/c1-4-14-21(15-5-1)25(22-16-6-2-7-17-22,23-18-8-3-9-19-23)24-20-12-10-11-13-20;1-5-7(4)6(2)3;/h1-12,14-19H,13H2;5H,2H2,1,3-4H3;. The molecule has 0 saturated carbocycles. The minimum Gasteiger partial charge on any atom is -0.258 e. The number of benzene rings is 3. The number of nitrogens with zero attached hydrogens (tertiary/aromatic N) is 1. The van der Waals surface area contributed by atoms with Crippen LogP contribution in [0.3, 0.4) is 0 Å². The summed E-state index contributed by atoms with van der Waals surface area (Å²) < 4.78 is 5.43. The van der Waals surface area contributed by atoms with Crippen molar-refractivity contribution in [3.05, 3.63) is 139 Å². The number of rotatable bonds is 5. The van der Waals surface area contributed by atoms with Crippen LogP contribution in [0.1, 0.15) is 27.2 Å². The van der Waals surface area contributed by atoms with E-state index in [0.717, 1.165) is 17.7 Å². The van der Waals surface area contributed by atoms with Gasteiger partial charge in [0.2, 0.25) is 0 Å². The quantitative estimate of drug-likeness (QED) is 0.201. The van der Waals surface area contributed by atoms with Gasteiger partial charge in [0.1, 0.15) is 0 Å². The van der Waals surface area contributed by atoms with Gasteiger partial charge in [0, 0.05) is 49.7 Å². The Labute approximate surface area is 214 Å². The van der Waals surface area contributed by atoms with E-state index in [4.69, 9.17) is 4.74 Å². The summed E-state index contributed by atoms with van der Waals surface area (Å²) in [5.74, 6) is 0. The molecule has 33 heavy (non-hydrogen) atoms. The summed E-state index contributed by atoms with van der Waals surface area (Å²) in [6.07, 6.45) is 9.39. The molecule has 0 spiro atoms. The third-order valence-corrected chi connectivity index (χ3v) is 9.22. The van der Waals surface area contributed by atoms with Crippen molar-refractivity contribution in [1.29, 1.82) is 0 Å². The van der Waals surface area contributed by atoms with Crippen molar-refractivity contribution >= 4 is 23.0 Å². The molecule has 3 aromatic rings. The zero-order valence-electron chi connectivity index (χ0n) is 19.8. The SMILES string of the molecule is C1=CCC(N=P(c2ccccc2)(c2ccccc2)c2ccccc2)=C1.C=C(C)C(C)=CC.[Ti]. The summed E-state index contributed by atoms with van der Waals surface area (Å²) in [5, 5.41) is 3.88. The summed E-state index contributed by atoms with van der Waals surface area (Å²) in [5.41, 5.74) is 3.59. The van der Waals surface area contributed by atoms with Gasteiger partial charge in [-0.2, -0.15) is 0 Å². The van der Waals surface area contributed by atoms with E-state index in [2.05, 4.69) is 129 Å². The van der Waals surface area contributed by atoms with Crippen molar-refractivity contribution < 1.29 is 21.7 Å². The van der Waals surface area contributed by atoms with Gasteiger partial charge in [-0.15, -0.1) is 0 Å². The van der Waals surface area contributed by atoms with Gasteiger partial charge in [0.05, 0.1) is 7.05 Å². The Morgan fingerprint density at radius 2 is 1.21 bits per heavy atom. The van der Waals surface area contributed by atoms with Gasteiger partial charge < -0.3 is 0 Å². The van der Waals surface area contributed by atoms with E-state index in [9.17, 15) is 0 Å². The van der Waals surface area contributed by atoms with Crippen molar-refractivity contribution in [2.75, 3.05) is 0 Å². The van der Waals surface area contributed by atoms with Gasteiger partial charge in [-0.1, -0.05) is 127 Å². The zero-order chi connectivity index (χ0) is 22.8. The predicted octanol–water partition coefficient (Wildman–Crippen LogP) is 7.53. The molecule has 0 N–H and O–H groups in total. The maximum Gasteiger partial charge on any atom is 0.0608 e. The van der Waals surface area contributed by atoms with Crippen LogP contribution in [0.5, 0.6) is 0 Å². The third-order valence-electron chi connectivity index (χ3n) is 5.53. The number of allylic oxidation sites excluding steroid dienone is 6. The first-order chi connectivity index (χ1) is 15.6. The molecule has 0 saturated heterocycles. The topological polar surface area (TPSA) is 12.4 Å². The molecular formula is C30H32NPTi. The number of hydrogen-bond donors (Lipinski definition) is 0. The van der Waals surface area contributed by atoms with Gasteiger partial charge in [-0.05, 0) is 26.8 Å². The molecule has 0 amide bonds. The van der Waals surface area contributed by atoms with Crippen molar-refractivity contribution in [1.82, 2.24) is 0 Å². The van der Waals surface area contributed by atoms with Gasteiger partial charge in [-0.25, -0.2) is 0 Å². The minimum atomic E-state index is -2.09. The Kier molecular flexibility index (Phi) is 10.8. The van der Waals surface area contributed by atoms with E-state index in [-0.39, 0.29) is 21.7 Å². The van der Waals surface area contributed by atoms with Crippen LogP contribution in [0.15, 0.2) is 143 Å². The molecule has 0 aliphatic heterocycles. The van der Waals surface area contributed by atoms with Crippen LogP contribution in [0.2, 0.25) is 0 Å². The molecule has 0 bridgehead atoms. The first kappa shape index (κ1) is 26.8. The Bertz CT molecular complexity index is 1070. The second-order valence-corrected chi connectivity index (χ2v) is 10.8. The second kappa shape index (κ2) is 13.3. The fourth-order valence-corrected chi connectivity index (χ4v) is 7.09.